The van der Waals surface area contributed by atoms with Crippen molar-refractivity contribution in [1.29, 1.82) is 0 Å². The van der Waals surface area contributed by atoms with Crippen molar-refractivity contribution in [3.05, 3.63) is 35.4 Å². The second-order valence-electron chi connectivity index (χ2n) is 8.84. The van der Waals surface area contributed by atoms with Gasteiger partial charge in [0.05, 0.1) is 0 Å². The minimum atomic E-state index is -4.06. The monoisotopic (exact) mass is 396 g/mol. The molecule has 0 aliphatic heterocycles. The van der Waals surface area contributed by atoms with E-state index in [1.165, 1.54) is 89.0 Å². The van der Waals surface area contributed by atoms with Gasteiger partial charge in [-0.15, -0.1) is 0 Å². The van der Waals surface area contributed by atoms with Crippen LogP contribution in [-0.2, 0) is 6.42 Å². The summed E-state index contributed by atoms with van der Waals surface area (Å²) in [7, 11) is 0. The van der Waals surface area contributed by atoms with Gasteiger partial charge < -0.3 is 0 Å². The topological polar surface area (TPSA) is 0 Å². The number of halogens is 3. The molecule has 0 amide bonds. The summed E-state index contributed by atoms with van der Waals surface area (Å²) in [6.07, 6.45) is 12.9. The molecule has 0 aromatic heterocycles. The molecule has 0 spiro atoms. The SMILES string of the molecule is CCCCCCCCCC[C@H]1CC[C@H](c2ccc(CCC(F)(F)F)cc2)CC1. The second kappa shape index (κ2) is 12.5. The molecule has 1 aromatic rings. The van der Waals surface area contributed by atoms with Gasteiger partial charge >= 0.3 is 6.18 Å². The molecule has 0 nitrogen and oxygen atoms in total. The zero-order valence-electron chi connectivity index (χ0n) is 17.7. The molecular formula is C25H39F3. The molecule has 3 heteroatoms. The fourth-order valence-electron chi connectivity index (χ4n) is 4.59. The van der Waals surface area contributed by atoms with Gasteiger partial charge in [-0.1, -0.05) is 89.0 Å². The first-order chi connectivity index (χ1) is 13.5. The third kappa shape index (κ3) is 9.47. The Morgan fingerprint density at radius 2 is 1.36 bits per heavy atom. The molecule has 2 rings (SSSR count). The molecule has 28 heavy (non-hydrogen) atoms. The van der Waals surface area contributed by atoms with Crippen molar-refractivity contribution >= 4 is 0 Å². The van der Waals surface area contributed by atoms with Gasteiger partial charge in [0.25, 0.3) is 0 Å². The van der Waals surface area contributed by atoms with Gasteiger partial charge in [-0.2, -0.15) is 13.2 Å². The van der Waals surface area contributed by atoms with Crippen LogP contribution in [0.4, 0.5) is 13.2 Å². The van der Waals surface area contributed by atoms with E-state index >= 15 is 0 Å². The van der Waals surface area contributed by atoms with Crippen LogP contribution in [-0.4, -0.2) is 6.18 Å². The van der Waals surface area contributed by atoms with E-state index in [9.17, 15) is 13.2 Å². The Balaban J connectivity index is 1.59. The highest BCUT2D eigenvalue weighted by Crippen LogP contribution is 2.38. The van der Waals surface area contributed by atoms with Gasteiger partial charge in [0.1, 0.15) is 0 Å². The molecule has 0 radical (unpaired) electrons. The first-order valence-electron chi connectivity index (χ1n) is 11.6. The molecule has 0 bridgehead atoms. The zero-order valence-corrected chi connectivity index (χ0v) is 17.7. The van der Waals surface area contributed by atoms with Crippen molar-refractivity contribution in [2.75, 3.05) is 0 Å². The Labute approximate surface area is 170 Å². The minimum Gasteiger partial charge on any atom is -0.171 e. The van der Waals surface area contributed by atoms with Crippen LogP contribution in [0.2, 0.25) is 0 Å². The summed E-state index contributed by atoms with van der Waals surface area (Å²) in [5, 5.41) is 0. The molecule has 1 aliphatic rings. The van der Waals surface area contributed by atoms with Gasteiger partial charge in [-0.05, 0) is 55.1 Å². The molecule has 0 unspecified atom stereocenters. The van der Waals surface area contributed by atoms with Gasteiger partial charge in [0.15, 0.2) is 0 Å². The number of unbranched alkanes of at least 4 members (excludes halogenated alkanes) is 7. The summed E-state index contributed by atoms with van der Waals surface area (Å²) in [5.41, 5.74) is 2.12. The molecule has 0 saturated heterocycles. The van der Waals surface area contributed by atoms with E-state index in [4.69, 9.17) is 0 Å². The number of rotatable bonds is 12. The van der Waals surface area contributed by atoms with Gasteiger partial charge in [0, 0.05) is 6.42 Å². The van der Waals surface area contributed by atoms with Crippen molar-refractivity contribution in [2.45, 2.75) is 115 Å². The second-order valence-corrected chi connectivity index (χ2v) is 8.84. The summed E-state index contributed by atoms with van der Waals surface area (Å²) in [6, 6.07) is 7.92. The van der Waals surface area contributed by atoms with Crippen LogP contribution in [0.3, 0.4) is 0 Å². The van der Waals surface area contributed by atoms with Crippen LogP contribution in [0.5, 0.6) is 0 Å². The van der Waals surface area contributed by atoms with Gasteiger partial charge in [-0.3, -0.25) is 0 Å². The number of hydrogen-bond donors (Lipinski definition) is 0. The fourth-order valence-corrected chi connectivity index (χ4v) is 4.59. The number of alkyl halides is 3. The lowest BCUT2D eigenvalue weighted by molar-refractivity contribution is -0.133. The average Bonchev–Trinajstić information content (AvgIpc) is 2.69. The molecule has 1 fully saturated rings. The van der Waals surface area contributed by atoms with E-state index in [-0.39, 0.29) is 6.42 Å². The lowest BCUT2D eigenvalue weighted by Gasteiger charge is -2.29. The minimum absolute atomic E-state index is 0.0924. The lowest BCUT2D eigenvalue weighted by atomic mass is 9.77. The summed E-state index contributed by atoms with van der Waals surface area (Å²) < 4.78 is 37.0. The van der Waals surface area contributed by atoms with Crippen LogP contribution in [0.1, 0.15) is 114 Å². The molecule has 1 aromatic carbocycles. The highest BCUT2D eigenvalue weighted by molar-refractivity contribution is 5.26. The fraction of sp³-hybridized carbons (Fsp3) is 0.760. The summed E-state index contributed by atoms with van der Waals surface area (Å²) in [4.78, 5) is 0. The smallest absolute Gasteiger partial charge is 0.171 e. The number of aryl methyl sites for hydroxylation is 1. The lowest BCUT2D eigenvalue weighted by Crippen LogP contribution is -2.13. The molecular weight excluding hydrogens is 357 g/mol. The van der Waals surface area contributed by atoms with E-state index in [0.717, 1.165) is 11.5 Å². The van der Waals surface area contributed by atoms with E-state index in [1.807, 2.05) is 12.1 Å². The maximum atomic E-state index is 12.3. The van der Waals surface area contributed by atoms with E-state index in [2.05, 4.69) is 19.1 Å². The van der Waals surface area contributed by atoms with Crippen molar-refractivity contribution in [1.82, 2.24) is 0 Å². The van der Waals surface area contributed by atoms with E-state index in [1.54, 1.807) is 0 Å². The van der Waals surface area contributed by atoms with Crippen molar-refractivity contribution < 1.29 is 13.2 Å². The van der Waals surface area contributed by atoms with Crippen LogP contribution in [0.25, 0.3) is 0 Å². The Hall–Kier alpha value is -0.990. The maximum absolute atomic E-state index is 12.3. The van der Waals surface area contributed by atoms with E-state index in [0.29, 0.717) is 5.92 Å². The van der Waals surface area contributed by atoms with Crippen molar-refractivity contribution in [3.8, 4) is 0 Å². The summed E-state index contributed by atoms with van der Waals surface area (Å²) in [5.74, 6) is 1.49. The largest absolute Gasteiger partial charge is 0.389 e. The summed E-state index contributed by atoms with van der Waals surface area (Å²) >= 11 is 0. The standard InChI is InChI=1S/C25H39F3/c1-2-3-4-5-6-7-8-9-10-21-11-15-23(16-12-21)24-17-13-22(14-18-24)19-20-25(26,27)28/h13-14,17-18,21,23H,2-12,15-16,19-20H2,1H3/t21-,23-. The highest BCUT2D eigenvalue weighted by Gasteiger charge is 2.26. The van der Waals surface area contributed by atoms with Gasteiger partial charge in [0.2, 0.25) is 0 Å². The van der Waals surface area contributed by atoms with Gasteiger partial charge in [-0.25, -0.2) is 0 Å². The molecule has 1 aliphatic carbocycles. The maximum Gasteiger partial charge on any atom is 0.389 e. The normalized spacial score (nSPS) is 20.4. The van der Waals surface area contributed by atoms with Crippen molar-refractivity contribution in [2.24, 2.45) is 5.92 Å². The Bertz CT molecular complexity index is 510. The summed E-state index contributed by atoms with van der Waals surface area (Å²) in [6.45, 7) is 2.27. The third-order valence-corrected chi connectivity index (χ3v) is 6.46. The number of hydrogen-bond acceptors (Lipinski definition) is 0. The predicted octanol–water partition coefficient (Wildman–Crippen LogP) is 8.99. The molecule has 0 atom stereocenters. The number of benzene rings is 1. The third-order valence-electron chi connectivity index (χ3n) is 6.46. The van der Waals surface area contributed by atoms with Crippen molar-refractivity contribution in [3.63, 3.8) is 0 Å². The predicted molar refractivity (Wildman–Crippen MR) is 113 cm³/mol. The zero-order chi connectivity index (χ0) is 20.2. The Morgan fingerprint density at radius 1 is 0.786 bits per heavy atom. The molecule has 1 saturated carbocycles. The van der Waals surface area contributed by atoms with Crippen LogP contribution in [0.15, 0.2) is 24.3 Å². The van der Waals surface area contributed by atoms with Crippen LogP contribution < -0.4 is 0 Å². The first kappa shape index (κ1) is 23.3. The average molecular weight is 397 g/mol. The van der Waals surface area contributed by atoms with E-state index < -0.39 is 12.6 Å². The Morgan fingerprint density at radius 3 is 1.93 bits per heavy atom. The molecule has 0 N–H and O–H groups in total. The quantitative estimate of drug-likeness (QED) is 0.309. The Kier molecular flexibility index (Phi) is 10.4. The molecule has 0 heterocycles. The first-order valence-corrected chi connectivity index (χ1v) is 11.6. The van der Waals surface area contributed by atoms with Crippen LogP contribution in [0, 0.1) is 5.92 Å². The molecule has 160 valence electrons. The van der Waals surface area contributed by atoms with Crippen LogP contribution >= 0.6 is 0 Å². The highest BCUT2D eigenvalue weighted by atomic mass is 19.4.